The fourth-order valence-corrected chi connectivity index (χ4v) is 2.62. The number of hydrogen-bond donors (Lipinski definition) is 0. The Morgan fingerprint density at radius 3 is 1.23 bits per heavy atom. The third-order valence-corrected chi connectivity index (χ3v) is 4.63. The van der Waals surface area contributed by atoms with Crippen molar-refractivity contribution in [2.45, 2.75) is 73.3 Å². The Balaban J connectivity index is 3.35. The molecule has 3 unspecified atom stereocenters. The van der Waals surface area contributed by atoms with Crippen molar-refractivity contribution < 1.29 is 88.5 Å². The summed E-state index contributed by atoms with van der Waals surface area (Å²) in [5.41, 5.74) is 0. The minimum atomic E-state index is -7.52. The molecule has 1 aliphatic rings. The van der Waals surface area contributed by atoms with Crippen LogP contribution in [0.4, 0.5) is 79.0 Å². The Morgan fingerprint density at radius 1 is 0.571 bits per heavy atom. The van der Waals surface area contributed by atoms with E-state index in [0.29, 0.717) is 0 Å². The van der Waals surface area contributed by atoms with Crippen LogP contribution in [0.5, 0.6) is 0 Å². The average Bonchev–Trinajstić information content (AvgIpc) is 2.99. The van der Waals surface area contributed by atoms with Gasteiger partial charge in [-0.15, -0.1) is 0 Å². The summed E-state index contributed by atoms with van der Waals surface area (Å²) in [6.45, 7) is 2.93. The molecule has 208 valence electrons. The largest absolute Gasteiger partial charge is 0.460 e. The third kappa shape index (κ3) is 5.09. The monoisotopic (exact) mass is 564 g/mol. The Morgan fingerprint density at radius 2 is 0.914 bits per heavy atom. The molecule has 0 amide bonds. The van der Waals surface area contributed by atoms with Crippen molar-refractivity contribution in [3.63, 3.8) is 0 Å². The zero-order valence-electron chi connectivity index (χ0n) is 16.1. The second kappa shape index (κ2) is 8.90. The van der Waals surface area contributed by atoms with Crippen molar-refractivity contribution in [1.29, 1.82) is 0 Å². The lowest BCUT2D eigenvalue weighted by Crippen LogP contribution is -2.64. The van der Waals surface area contributed by atoms with Crippen LogP contribution in [-0.4, -0.2) is 60.5 Å². The van der Waals surface area contributed by atoms with Crippen molar-refractivity contribution in [3.05, 3.63) is 13.3 Å². The van der Waals surface area contributed by atoms with E-state index in [9.17, 15) is 79.0 Å². The Bertz CT molecular complexity index is 739. The van der Waals surface area contributed by atoms with E-state index < -0.39 is 79.2 Å². The molecule has 0 aromatic carbocycles. The summed E-state index contributed by atoms with van der Waals surface area (Å²) in [6.07, 6.45) is -36.9. The summed E-state index contributed by atoms with van der Waals surface area (Å²) in [7, 11) is 0. The van der Waals surface area contributed by atoms with Crippen molar-refractivity contribution >= 4 is 0 Å². The van der Waals surface area contributed by atoms with Crippen LogP contribution in [0, 0.1) is 19.3 Å². The van der Waals surface area contributed by atoms with Crippen LogP contribution in [0.15, 0.2) is 0 Å². The minimum absolute atomic E-state index is 0.0341. The summed E-state index contributed by atoms with van der Waals surface area (Å²) in [6, 6.07) is 0. The van der Waals surface area contributed by atoms with Gasteiger partial charge in [0.1, 0.15) is 0 Å². The molecule has 3 atom stereocenters. The molecule has 1 saturated carbocycles. The molecule has 0 N–H and O–H groups in total. The van der Waals surface area contributed by atoms with E-state index in [-0.39, 0.29) is 6.42 Å². The van der Waals surface area contributed by atoms with E-state index in [4.69, 9.17) is 0 Å². The van der Waals surface area contributed by atoms with Crippen LogP contribution >= 0.6 is 0 Å². The van der Waals surface area contributed by atoms with Crippen molar-refractivity contribution in [1.82, 2.24) is 0 Å². The molecule has 0 saturated heterocycles. The molecular weight excluding hydrogens is 554 g/mol. The van der Waals surface area contributed by atoms with E-state index in [1.165, 1.54) is 0 Å². The van der Waals surface area contributed by atoms with Crippen molar-refractivity contribution in [3.8, 4) is 0 Å². The van der Waals surface area contributed by atoms with Gasteiger partial charge in [-0.3, -0.25) is 0 Å². The predicted molar refractivity (Wildman–Crippen MR) is 73.9 cm³/mol. The zero-order valence-corrected chi connectivity index (χ0v) is 16.1. The smallest absolute Gasteiger partial charge is 0.309 e. The first-order chi connectivity index (χ1) is 15.1. The first kappa shape index (κ1) is 31.7. The molecule has 0 aliphatic heterocycles. The summed E-state index contributed by atoms with van der Waals surface area (Å²) in [5.74, 6) is -31.9. The lowest BCUT2D eigenvalue weighted by molar-refractivity contribution is -0.466. The number of ether oxygens (including phenoxy) is 2. The Hall–Kier alpha value is -1.34. The number of hydrogen-bond acceptors (Lipinski definition) is 2. The van der Waals surface area contributed by atoms with Gasteiger partial charge in [-0.05, 0) is 25.2 Å². The lowest BCUT2D eigenvalue weighted by atomic mass is 10.0. The molecule has 0 spiro atoms. The van der Waals surface area contributed by atoms with Crippen LogP contribution in [0.3, 0.4) is 0 Å². The van der Waals surface area contributed by atoms with E-state index in [0.717, 1.165) is 0 Å². The molecule has 0 aromatic heterocycles. The van der Waals surface area contributed by atoms with Crippen molar-refractivity contribution in [2.24, 2.45) is 5.92 Å². The zero-order chi connectivity index (χ0) is 28.3. The predicted octanol–water partition coefficient (Wildman–Crippen LogP) is 7.06. The second-order valence-electron chi connectivity index (χ2n) is 7.01. The molecule has 2 radical (unpaired) electrons. The molecule has 0 aromatic rings. The Kier molecular flexibility index (Phi) is 8.06. The first-order valence-electron chi connectivity index (χ1n) is 8.51. The quantitative estimate of drug-likeness (QED) is 0.280. The molecule has 1 fully saturated rings. The molecule has 2 nitrogen and oxygen atoms in total. The molecule has 20 heteroatoms. The standard InChI is InChI=1S/C15H10F18O2/c1-2-5-3-4-6(34-14(30,31)10(20,21)8(16,17)12(24,25)26)7(5)35-15(32,33)11(22,23)9(18,19)13(27,28)29/h4-7H,1-3H2. The molecular formula is C15H10F18O2. The van der Waals surface area contributed by atoms with Gasteiger partial charge < -0.3 is 9.47 Å². The maximum atomic E-state index is 13.7. The van der Waals surface area contributed by atoms with Gasteiger partial charge in [0.25, 0.3) is 0 Å². The highest BCUT2D eigenvalue weighted by molar-refractivity contribution is 5.04. The van der Waals surface area contributed by atoms with Crippen LogP contribution < -0.4 is 0 Å². The normalized spacial score (nSPS) is 24.3. The van der Waals surface area contributed by atoms with Crippen LogP contribution in [-0.2, 0) is 9.47 Å². The fourth-order valence-electron chi connectivity index (χ4n) is 2.62. The molecule has 0 bridgehead atoms. The van der Waals surface area contributed by atoms with E-state index in [1.807, 2.05) is 0 Å². The van der Waals surface area contributed by atoms with Gasteiger partial charge >= 0.3 is 48.3 Å². The van der Waals surface area contributed by atoms with Gasteiger partial charge in [-0.25, -0.2) is 0 Å². The van der Waals surface area contributed by atoms with E-state index in [1.54, 1.807) is 0 Å². The topological polar surface area (TPSA) is 18.5 Å². The highest BCUT2D eigenvalue weighted by Crippen LogP contribution is 2.56. The summed E-state index contributed by atoms with van der Waals surface area (Å²) in [4.78, 5) is 0. The SMILES string of the molecule is [CH2]CC1C[CH]C(OC(F)(F)C(F)(F)C(F)(F)C(F)(F)F)C1OC(F)(F)C(F)(F)C(F)(F)C(F)(F)F. The average molecular weight is 564 g/mol. The van der Waals surface area contributed by atoms with E-state index >= 15 is 0 Å². The summed E-state index contributed by atoms with van der Waals surface area (Å²) >= 11 is 0. The number of halogens is 18. The van der Waals surface area contributed by atoms with Crippen LogP contribution in [0.25, 0.3) is 0 Å². The van der Waals surface area contributed by atoms with Gasteiger partial charge in [-0.1, -0.05) is 6.92 Å². The number of rotatable bonds is 9. The Labute approximate surface area is 182 Å². The maximum absolute atomic E-state index is 13.7. The van der Waals surface area contributed by atoms with Crippen LogP contribution in [0.2, 0.25) is 0 Å². The maximum Gasteiger partial charge on any atom is 0.460 e. The molecule has 35 heavy (non-hydrogen) atoms. The lowest BCUT2D eigenvalue weighted by Gasteiger charge is -2.38. The summed E-state index contributed by atoms with van der Waals surface area (Å²) in [5, 5.41) is 0. The minimum Gasteiger partial charge on any atom is -0.309 e. The molecule has 0 heterocycles. The van der Waals surface area contributed by atoms with E-state index in [2.05, 4.69) is 16.4 Å². The van der Waals surface area contributed by atoms with Crippen LogP contribution in [0.1, 0.15) is 12.8 Å². The number of alkyl halides is 18. The molecule has 1 aliphatic carbocycles. The van der Waals surface area contributed by atoms with Crippen molar-refractivity contribution in [2.75, 3.05) is 0 Å². The first-order valence-corrected chi connectivity index (χ1v) is 8.51. The fraction of sp³-hybridized carbons (Fsp3) is 0.867. The molecule has 1 rings (SSSR count). The van der Waals surface area contributed by atoms with Gasteiger partial charge in [0.05, 0.1) is 12.2 Å². The van der Waals surface area contributed by atoms with Gasteiger partial charge in [0.15, 0.2) is 0 Å². The van der Waals surface area contributed by atoms with Gasteiger partial charge in [-0.2, -0.15) is 79.0 Å². The highest BCUT2D eigenvalue weighted by Gasteiger charge is 2.85. The highest BCUT2D eigenvalue weighted by atomic mass is 19.4. The third-order valence-electron chi connectivity index (χ3n) is 4.63. The van der Waals surface area contributed by atoms with Gasteiger partial charge in [0, 0.05) is 0 Å². The second-order valence-corrected chi connectivity index (χ2v) is 7.01. The summed E-state index contributed by atoms with van der Waals surface area (Å²) < 4.78 is 239. The van der Waals surface area contributed by atoms with Gasteiger partial charge in [0.2, 0.25) is 0 Å².